The number of halogens is 6. The first-order chi connectivity index (χ1) is 44.5. The van der Waals surface area contributed by atoms with Crippen molar-refractivity contribution in [1.29, 1.82) is 0 Å². The van der Waals surface area contributed by atoms with Crippen molar-refractivity contribution in [3.8, 4) is 51.4 Å². The number of furan rings is 3. The summed E-state index contributed by atoms with van der Waals surface area (Å²) in [6.45, 7) is 17.1. The Morgan fingerprint density at radius 2 is 0.828 bits per heavy atom. The van der Waals surface area contributed by atoms with Gasteiger partial charge in [0.2, 0.25) is 0 Å². The first kappa shape index (κ1) is 67.5. The monoisotopic (exact) mass is 1370 g/mol. The smallest absolute Gasteiger partial charge is 0.272 e. The van der Waals surface area contributed by atoms with E-state index in [0.717, 1.165) is 46.9 Å². The molecule has 3 amide bonds. The zero-order valence-corrected chi connectivity index (χ0v) is 57.1. The van der Waals surface area contributed by atoms with Gasteiger partial charge in [-0.25, -0.2) is 14.0 Å². The van der Waals surface area contributed by atoms with Crippen LogP contribution in [0.4, 0.5) is 0 Å². The number of benzene rings is 4. The number of hydrogen-bond donors (Lipinski definition) is 3. The minimum atomic E-state index is -0.316. The normalized spacial score (nSPS) is 13.3. The number of carbonyl (C=O) groups excluding carboxylic acids is 3. The summed E-state index contributed by atoms with van der Waals surface area (Å²) in [6.07, 6.45) is 7.76. The number of nitrogens with one attached hydrogen (secondary N) is 3. The van der Waals surface area contributed by atoms with Gasteiger partial charge in [0.05, 0.1) is 49.9 Å². The summed E-state index contributed by atoms with van der Waals surface area (Å²) in [4.78, 5) is 43.8. The van der Waals surface area contributed by atoms with Gasteiger partial charge in [-0.3, -0.25) is 19.4 Å². The van der Waals surface area contributed by atoms with E-state index in [-0.39, 0.29) is 41.5 Å². The molecule has 4 aromatic carbocycles. The molecule has 0 bridgehead atoms. The summed E-state index contributed by atoms with van der Waals surface area (Å²) in [5.41, 5.74) is 8.68. The molecule has 22 heteroatoms. The van der Waals surface area contributed by atoms with Crippen LogP contribution in [0.2, 0.25) is 30.1 Å². The Hall–Kier alpha value is -8.35. The number of carbonyl (C=O) groups is 3. The molecule has 3 atom stereocenters. The highest BCUT2D eigenvalue weighted by Gasteiger charge is 2.31. The number of aryl methyl sites for hydroxylation is 3. The summed E-state index contributed by atoms with van der Waals surface area (Å²) in [6, 6.07) is 41.7. The molecule has 7 aromatic heterocycles. The molecule has 16 nitrogen and oxygen atoms in total. The van der Waals surface area contributed by atoms with E-state index in [1.807, 2.05) is 140 Å². The van der Waals surface area contributed by atoms with E-state index in [0.29, 0.717) is 110 Å². The molecule has 0 unspecified atom stereocenters. The summed E-state index contributed by atoms with van der Waals surface area (Å²) in [5.74, 6) is 3.85. The second-order valence-corrected chi connectivity index (χ2v) is 25.5. The van der Waals surface area contributed by atoms with Gasteiger partial charge in [0, 0.05) is 44.0 Å². The lowest BCUT2D eigenvalue weighted by atomic mass is 9.84. The Kier molecular flexibility index (Phi) is 21.6. The molecular weight excluding hydrogens is 1300 g/mol. The summed E-state index contributed by atoms with van der Waals surface area (Å²) in [5, 5.41) is 25.9. The molecule has 0 aliphatic heterocycles. The Balaban J connectivity index is 0.000000153. The third-order valence-corrected chi connectivity index (χ3v) is 17.8. The molecule has 1 aliphatic carbocycles. The average molecular weight is 1370 g/mol. The molecule has 1 fully saturated rings. The van der Waals surface area contributed by atoms with Crippen LogP contribution in [0.5, 0.6) is 0 Å². The van der Waals surface area contributed by atoms with Gasteiger partial charge >= 0.3 is 0 Å². The first-order valence-electron chi connectivity index (χ1n) is 30.3. The van der Waals surface area contributed by atoms with E-state index in [4.69, 9.17) is 82.9 Å². The zero-order chi connectivity index (χ0) is 66.4. The first-order valence-corrected chi connectivity index (χ1v) is 32.6. The lowest BCUT2D eigenvalue weighted by Crippen LogP contribution is -2.39. The van der Waals surface area contributed by atoms with Crippen molar-refractivity contribution in [1.82, 2.24) is 50.3 Å². The Labute approximate surface area is 569 Å². The van der Waals surface area contributed by atoms with Crippen LogP contribution in [-0.4, -0.2) is 58.1 Å². The molecule has 0 radical (unpaired) electrons. The molecule has 93 heavy (non-hydrogen) atoms. The maximum absolute atomic E-state index is 13.2. The fourth-order valence-corrected chi connectivity index (χ4v) is 12.7. The van der Waals surface area contributed by atoms with Crippen LogP contribution in [0.3, 0.4) is 0 Å². The van der Waals surface area contributed by atoms with Gasteiger partial charge < -0.3 is 29.2 Å². The second kappa shape index (κ2) is 29.7. The number of hydrogen-bond acceptors (Lipinski definition) is 10. The van der Waals surface area contributed by atoms with Crippen LogP contribution < -0.4 is 16.0 Å². The predicted octanol–water partition coefficient (Wildman–Crippen LogP) is 19.2. The highest BCUT2D eigenvalue weighted by Crippen LogP contribution is 2.38. The lowest BCUT2D eigenvalue weighted by molar-refractivity contribution is 0.0909. The number of aromatic nitrogens is 7. The van der Waals surface area contributed by atoms with Gasteiger partial charge in [-0.15, -0.1) is 0 Å². The van der Waals surface area contributed by atoms with Gasteiger partial charge in [-0.05, 0) is 190 Å². The summed E-state index contributed by atoms with van der Waals surface area (Å²) in [7, 11) is 0. The molecule has 1 aliphatic rings. The summed E-state index contributed by atoms with van der Waals surface area (Å²) >= 11 is 37.6. The molecule has 1 saturated carbocycles. The van der Waals surface area contributed by atoms with Crippen molar-refractivity contribution in [2.45, 2.75) is 113 Å². The van der Waals surface area contributed by atoms with Crippen LogP contribution in [0, 0.1) is 47.5 Å². The van der Waals surface area contributed by atoms with Gasteiger partial charge in [0.15, 0.2) is 34.4 Å². The number of pyridine rings is 1. The van der Waals surface area contributed by atoms with Crippen molar-refractivity contribution in [3.05, 3.63) is 238 Å². The van der Waals surface area contributed by atoms with Crippen LogP contribution >= 0.6 is 69.6 Å². The standard InChI is InChI=1S/C24H27Cl2N3O2.C24H21Cl2N3O2.C23H20Cl2N4O2/c2*1-14-9-12-21(31-14)23-15(2)22(24(30)27-16(3)17-7-5-4-6-8-17)28-29(23)20-11-10-18(25)13-19(20)26;1-13-7-10-20(31-13)22-14(2)21(23(30)27-15(3)18-6-4-5-11-26-18)28-29(22)19-9-8-16(24)12-17(19)25/h9-13,16-17H,4-8H2,1-3H3,(H,27,30);4-13,16H,1-3H3,(H,27,30);4-12,15H,1-3H3,(H,27,30)/t2*16-;15-/m111/s1. The van der Waals surface area contributed by atoms with E-state index >= 15 is 0 Å². The molecule has 11 aromatic rings. The van der Waals surface area contributed by atoms with E-state index in [9.17, 15) is 14.4 Å². The lowest BCUT2D eigenvalue weighted by Gasteiger charge is -2.28. The number of nitrogens with zero attached hydrogens (tertiary/aromatic N) is 7. The largest absolute Gasteiger partial charge is 0.460 e. The minimum Gasteiger partial charge on any atom is -0.460 e. The van der Waals surface area contributed by atoms with Crippen LogP contribution in [-0.2, 0) is 0 Å². The Bertz CT molecular complexity index is 4290. The topological polar surface area (TPSA) is 193 Å². The maximum atomic E-state index is 13.2. The van der Waals surface area contributed by atoms with Gasteiger partial charge in [0.1, 0.15) is 34.4 Å². The predicted molar refractivity (Wildman–Crippen MR) is 368 cm³/mol. The van der Waals surface area contributed by atoms with Crippen molar-refractivity contribution in [2.75, 3.05) is 0 Å². The SMILES string of the molecule is Cc1ccc(-c2c(C)c(C(=O)N[C@H](C)C3CCCCC3)nn2-c2ccc(Cl)cc2Cl)o1.Cc1ccc(-c2c(C)c(C(=O)N[C@H](C)c3ccccc3)nn2-c2ccc(Cl)cc2Cl)o1.Cc1ccc(-c2c(C)c(C(=O)N[C@H](C)c3ccccn3)nn2-c2ccc(Cl)cc2Cl)o1. The molecule has 3 N–H and O–H groups in total. The van der Waals surface area contributed by atoms with Crippen LogP contribution in [0.15, 0.2) is 159 Å². The summed E-state index contributed by atoms with van der Waals surface area (Å²) < 4.78 is 22.5. The number of rotatable bonds is 15. The fraction of sp³-hybridized carbons (Fsp3) is 0.254. The van der Waals surface area contributed by atoms with Crippen LogP contribution in [0.25, 0.3) is 51.4 Å². The van der Waals surface area contributed by atoms with E-state index in [1.54, 1.807) is 74.8 Å². The molecule has 0 saturated heterocycles. The van der Waals surface area contributed by atoms with Crippen molar-refractivity contribution >= 4 is 87.3 Å². The molecule has 7 heterocycles. The highest BCUT2D eigenvalue weighted by molar-refractivity contribution is 6.37. The molecule has 12 rings (SSSR count). The van der Waals surface area contributed by atoms with E-state index in [1.165, 1.54) is 19.3 Å². The molecule has 0 spiro atoms. The van der Waals surface area contributed by atoms with Gasteiger partial charge in [0.25, 0.3) is 17.7 Å². The van der Waals surface area contributed by atoms with Crippen molar-refractivity contribution in [2.24, 2.45) is 5.92 Å². The molecular formula is C71H68Cl6N10O6. The third-order valence-electron chi connectivity index (χ3n) is 16.2. The van der Waals surface area contributed by atoms with Gasteiger partial charge in [-0.1, -0.05) is 125 Å². The fourth-order valence-electron chi connectivity index (χ4n) is 11.3. The highest BCUT2D eigenvalue weighted by atomic mass is 35.5. The molecule has 480 valence electrons. The van der Waals surface area contributed by atoms with Crippen molar-refractivity contribution < 1.29 is 27.6 Å². The maximum Gasteiger partial charge on any atom is 0.272 e. The third kappa shape index (κ3) is 15.5. The Morgan fingerprint density at radius 1 is 0.452 bits per heavy atom. The van der Waals surface area contributed by atoms with E-state index < -0.39 is 0 Å². The number of amides is 3. The van der Waals surface area contributed by atoms with E-state index in [2.05, 4.69) is 43.2 Å². The van der Waals surface area contributed by atoms with Crippen LogP contribution in [0.1, 0.15) is 142 Å². The average Bonchev–Trinajstić information content (AvgIpc) is 1.65. The minimum absolute atomic E-state index is 0.103. The van der Waals surface area contributed by atoms with Crippen molar-refractivity contribution in [3.63, 3.8) is 0 Å². The second-order valence-electron chi connectivity index (χ2n) is 22.9. The Morgan fingerprint density at radius 3 is 1.18 bits per heavy atom. The quantitative estimate of drug-likeness (QED) is 0.0889. The zero-order valence-electron chi connectivity index (χ0n) is 52.5. The van der Waals surface area contributed by atoms with Gasteiger partial charge in [-0.2, -0.15) is 15.3 Å².